The Kier molecular flexibility index (Phi) is 3.85. The van der Waals surface area contributed by atoms with Crippen LogP contribution in [0.1, 0.15) is 10.4 Å². The van der Waals surface area contributed by atoms with Crippen molar-refractivity contribution in [3.05, 3.63) is 46.4 Å². The van der Waals surface area contributed by atoms with E-state index in [1.807, 2.05) is 0 Å². The summed E-state index contributed by atoms with van der Waals surface area (Å²) in [6.45, 7) is 0. The third kappa shape index (κ3) is 2.55. The van der Waals surface area contributed by atoms with Gasteiger partial charge in [0, 0.05) is 11.5 Å². The quantitative estimate of drug-likeness (QED) is 0.581. The first kappa shape index (κ1) is 14.2. The lowest BCUT2D eigenvalue weighted by Gasteiger charge is -2.20. The molecule has 0 saturated carbocycles. The number of nitrogen functional groups attached to an aromatic ring is 1. The Bertz CT molecular complexity index is 673. The maximum absolute atomic E-state index is 12.3. The van der Waals surface area contributed by atoms with Crippen LogP contribution in [0.2, 0.25) is 0 Å². The molecule has 0 saturated heterocycles. The monoisotopic (exact) mass is 336 g/mol. The summed E-state index contributed by atoms with van der Waals surface area (Å²) in [4.78, 5) is 13.7. The molecule has 0 radical (unpaired) electrons. The number of hydrogen-bond donors (Lipinski definition) is 3. The number of para-hydroxylation sites is 1. The zero-order valence-corrected chi connectivity index (χ0v) is 12.3. The third-order valence-electron chi connectivity index (χ3n) is 2.90. The van der Waals surface area contributed by atoms with E-state index in [0.29, 0.717) is 11.4 Å². The molecule has 0 heterocycles. The number of nitrogens with zero attached hydrogens (tertiary/aromatic N) is 1. The Balaban J connectivity index is 2.40. The van der Waals surface area contributed by atoms with Gasteiger partial charge in [0.15, 0.2) is 11.5 Å². The minimum absolute atomic E-state index is 0.00909. The van der Waals surface area contributed by atoms with Crippen molar-refractivity contribution >= 4 is 33.2 Å². The van der Waals surface area contributed by atoms with Crippen LogP contribution in [0.25, 0.3) is 0 Å². The SMILES string of the molecule is CN(C(=O)c1cccc(O)c1O)c1ccc(Br)cc1N. The largest absolute Gasteiger partial charge is 0.504 e. The van der Waals surface area contributed by atoms with E-state index >= 15 is 0 Å². The second-order valence-electron chi connectivity index (χ2n) is 4.24. The van der Waals surface area contributed by atoms with E-state index in [4.69, 9.17) is 5.73 Å². The number of rotatable bonds is 2. The number of aromatic hydroxyl groups is 2. The van der Waals surface area contributed by atoms with Crippen molar-refractivity contribution in [3.63, 3.8) is 0 Å². The van der Waals surface area contributed by atoms with Gasteiger partial charge in [-0.3, -0.25) is 4.79 Å². The zero-order chi connectivity index (χ0) is 14.9. The van der Waals surface area contributed by atoms with Gasteiger partial charge in [-0.05, 0) is 30.3 Å². The molecule has 0 aromatic heterocycles. The van der Waals surface area contributed by atoms with Crippen molar-refractivity contribution < 1.29 is 15.0 Å². The molecule has 104 valence electrons. The molecule has 0 unspecified atom stereocenters. The predicted octanol–water partition coefficient (Wildman–Crippen LogP) is 2.72. The lowest BCUT2D eigenvalue weighted by atomic mass is 10.1. The molecular weight excluding hydrogens is 324 g/mol. The highest BCUT2D eigenvalue weighted by molar-refractivity contribution is 9.10. The topological polar surface area (TPSA) is 86.8 Å². The van der Waals surface area contributed by atoms with Crippen LogP contribution in [-0.2, 0) is 0 Å². The number of amides is 1. The van der Waals surface area contributed by atoms with E-state index in [1.165, 1.54) is 23.1 Å². The van der Waals surface area contributed by atoms with E-state index < -0.39 is 11.7 Å². The number of halogens is 1. The fourth-order valence-electron chi connectivity index (χ4n) is 1.82. The van der Waals surface area contributed by atoms with Gasteiger partial charge in [-0.25, -0.2) is 0 Å². The average molecular weight is 337 g/mol. The van der Waals surface area contributed by atoms with Gasteiger partial charge in [-0.2, -0.15) is 0 Å². The minimum atomic E-state index is -0.465. The minimum Gasteiger partial charge on any atom is -0.504 e. The molecule has 2 rings (SSSR count). The fraction of sp³-hybridized carbons (Fsp3) is 0.0714. The van der Waals surface area contributed by atoms with Crippen LogP contribution in [-0.4, -0.2) is 23.2 Å². The second-order valence-corrected chi connectivity index (χ2v) is 5.16. The predicted molar refractivity (Wildman–Crippen MR) is 81.1 cm³/mol. The molecule has 0 aliphatic carbocycles. The van der Waals surface area contributed by atoms with Crippen molar-refractivity contribution in [2.24, 2.45) is 0 Å². The molecule has 6 heteroatoms. The van der Waals surface area contributed by atoms with Crippen molar-refractivity contribution in [1.82, 2.24) is 0 Å². The average Bonchev–Trinajstić information content (AvgIpc) is 2.40. The summed E-state index contributed by atoms with van der Waals surface area (Å²) in [5.41, 5.74) is 6.82. The molecule has 2 aromatic rings. The summed E-state index contributed by atoms with van der Waals surface area (Å²) in [6, 6.07) is 9.36. The Morgan fingerprint density at radius 2 is 1.95 bits per heavy atom. The summed E-state index contributed by atoms with van der Waals surface area (Å²) in [5.74, 6) is -1.25. The first-order valence-electron chi connectivity index (χ1n) is 5.76. The van der Waals surface area contributed by atoms with Crippen LogP contribution in [0.3, 0.4) is 0 Å². The lowest BCUT2D eigenvalue weighted by Crippen LogP contribution is -2.27. The van der Waals surface area contributed by atoms with Gasteiger partial charge in [0.2, 0.25) is 0 Å². The van der Waals surface area contributed by atoms with Gasteiger partial charge >= 0.3 is 0 Å². The van der Waals surface area contributed by atoms with E-state index in [2.05, 4.69) is 15.9 Å². The Labute approximate surface area is 124 Å². The first-order chi connectivity index (χ1) is 9.41. The lowest BCUT2D eigenvalue weighted by molar-refractivity contribution is 0.0990. The van der Waals surface area contributed by atoms with Gasteiger partial charge in [0.25, 0.3) is 5.91 Å². The number of nitrogens with two attached hydrogens (primary N) is 1. The molecule has 0 aliphatic heterocycles. The first-order valence-corrected chi connectivity index (χ1v) is 6.55. The standard InChI is InChI=1S/C14H13BrN2O3/c1-17(11-6-5-8(15)7-10(11)16)14(20)9-3-2-4-12(18)13(9)19/h2-7,18-19H,16H2,1H3. The van der Waals surface area contributed by atoms with Crippen molar-refractivity contribution in [2.45, 2.75) is 0 Å². The molecule has 0 spiro atoms. The molecule has 2 aromatic carbocycles. The molecule has 1 amide bonds. The van der Waals surface area contributed by atoms with E-state index in [-0.39, 0.29) is 11.3 Å². The zero-order valence-electron chi connectivity index (χ0n) is 10.7. The number of carbonyl (C=O) groups is 1. The number of anilines is 2. The van der Waals surface area contributed by atoms with Crippen molar-refractivity contribution in [2.75, 3.05) is 17.7 Å². The highest BCUT2D eigenvalue weighted by Gasteiger charge is 2.20. The smallest absolute Gasteiger partial charge is 0.261 e. The van der Waals surface area contributed by atoms with Crippen LogP contribution in [0.15, 0.2) is 40.9 Å². The van der Waals surface area contributed by atoms with Gasteiger partial charge in [0.1, 0.15) is 0 Å². The van der Waals surface area contributed by atoms with E-state index in [0.717, 1.165) is 4.47 Å². The highest BCUT2D eigenvalue weighted by Crippen LogP contribution is 2.32. The van der Waals surface area contributed by atoms with Crippen LogP contribution >= 0.6 is 15.9 Å². The number of hydrogen-bond acceptors (Lipinski definition) is 4. The Morgan fingerprint density at radius 3 is 2.60 bits per heavy atom. The number of benzene rings is 2. The summed E-state index contributed by atoms with van der Waals surface area (Å²) in [5, 5.41) is 19.2. The molecule has 0 fully saturated rings. The third-order valence-corrected chi connectivity index (χ3v) is 3.39. The number of carbonyl (C=O) groups excluding carboxylic acids is 1. The normalized spacial score (nSPS) is 10.3. The summed E-state index contributed by atoms with van der Waals surface area (Å²) >= 11 is 3.29. The summed E-state index contributed by atoms with van der Waals surface area (Å²) < 4.78 is 0.805. The number of phenolic OH excluding ortho intramolecular Hbond substituents is 2. The van der Waals surface area contributed by atoms with Crippen LogP contribution < -0.4 is 10.6 Å². The summed E-state index contributed by atoms with van der Waals surface area (Å²) in [7, 11) is 1.55. The fourth-order valence-corrected chi connectivity index (χ4v) is 2.20. The van der Waals surface area contributed by atoms with Crippen molar-refractivity contribution in [3.8, 4) is 11.5 Å². The molecule has 0 bridgehead atoms. The molecule has 5 nitrogen and oxygen atoms in total. The number of phenols is 2. The molecule has 0 aliphatic rings. The summed E-state index contributed by atoms with van der Waals surface area (Å²) in [6.07, 6.45) is 0. The maximum atomic E-state index is 12.3. The molecule has 20 heavy (non-hydrogen) atoms. The Hall–Kier alpha value is -2.21. The van der Waals surface area contributed by atoms with Gasteiger partial charge in [-0.15, -0.1) is 0 Å². The van der Waals surface area contributed by atoms with Crippen LogP contribution in [0, 0.1) is 0 Å². The van der Waals surface area contributed by atoms with Crippen molar-refractivity contribution in [1.29, 1.82) is 0 Å². The van der Waals surface area contributed by atoms with E-state index in [9.17, 15) is 15.0 Å². The van der Waals surface area contributed by atoms with Gasteiger partial charge in [-0.1, -0.05) is 22.0 Å². The Morgan fingerprint density at radius 1 is 1.25 bits per heavy atom. The molecule has 0 atom stereocenters. The molecular formula is C14H13BrN2O3. The van der Waals surface area contributed by atoms with Gasteiger partial charge < -0.3 is 20.8 Å². The maximum Gasteiger partial charge on any atom is 0.261 e. The second kappa shape index (κ2) is 5.42. The van der Waals surface area contributed by atoms with Gasteiger partial charge in [0.05, 0.1) is 16.9 Å². The van der Waals surface area contributed by atoms with Crippen LogP contribution in [0.5, 0.6) is 11.5 Å². The van der Waals surface area contributed by atoms with E-state index in [1.54, 1.807) is 25.2 Å². The molecule has 4 N–H and O–H groups in total. The highest BCUT2D eigenvalue weighted by atomic mass is 79.9. The van der Waals surface area contributed by atoms with Crippen LogP contribution in [0.4, 0.5) is 11.4 Å².